The van der Waals surface area contributed by atoms with Crippen molar-refractivity contribution in [2.75, 3.05) is 17.7 Å². The van der Waals surface area contributed by atoms with Crippen molar-refractivity contribution in [3.8, 4) is 17.4 Å². The van der Waals surface area contributed by atoms with E-state index < -0.39 is 0 Å². The van der Waals surface area contributed by atoms with Crippen LogP contribution in [0.2, 0.25) is 0 Å². The molecule has 1 amide bonds. The largest absolute Gasteiger partial charge is 0.490 e. The Balaban J connectivity index is 1.31. The third-order valence-electron chi connectivity index (χ3n) is 4.32. The number of carbonyl (C=O) groups excluding carboxylic acids is 1. The number of amides is 1. The van der Waals surface area contributed by atoms with Gasteiger partial charge in [0.15, 0.2) is 17.1 Å². The van der Waals surface area contributed by atoms with Gasteiger partial charge in [0.2, 0.25) is 5.91 Å². The standard InChI is InChI=1S/C22H20FN3O4S/c1-2-28-17-6-3-5-14-13-18(29-20(14)17)21-25-26-22(30-21)24-19(27)7-4-12-31-16-10-8-15(23)9-11-16/h3,5-6,8-11,13H,2,4,7,12H2,1H3,(H,24,26,27). The number of rotatable bonds is 9. The molecule has 4 rings (SSSR count). The number of hydrogen-bond acceptors (Lipinski definition) is 7. The quantitative estimate of drug-likeness (QED) is 0.270. The van der Waals surface area contributed by atoms with Crippen molar-refractivity contribution in [2.24, 2.45) is 0 Å². The lowest BCUT2D eigenvalue weighted by Crippen LogP contribution is -2.11. The first kappa shape index (κ1) is 20.9. The van der Waals surface area contributed by atoms with Crippen LogP contribution < -0.4 is 10.1 Å². The van der Waals surface area contributed by atoms with Gasteiger partial charge in [-0.25, -0.2) is 4.39 Å². The van der Waals surface area contributed by atoms with E-state index in [4.69, 9.17) is 13.6 Å². The lowest BCUT2D eigenvalue weighted by atomic mass is 10.2. The van der Waals surface area contributed by atoms with Gasteiger partial charge in [0.05, 0.1) is 6.61 Å². The number of nitrogens with zero attached hydrogens (tertiary/aromatic N) is 2. The SMILES string of the molecule is CCOc1cccc2cc(-c3nnc(NC(=O)CCCSc4ccc(F)cc4)o3)oc12. The highest BCUT2D eigenvalue weighted by Crippen LogP contribution is 2.33. The van der Waals surface area contributed by atoms with Gasteiger partial charge in [-0.05, 0) is 55.5 Å². The Hall–Kier alpha value is -3.33. The first-order valence-electron chi connectivity index (χ1n) is 9.80. The molecule has 31 heavy (non-hydrogen) atoms. The molecule has 0 saturated carbocycles. The molecule has 0 fully saturated rings. The first-order chi connectivity index (χ1) is 15.1. The zero-order valence-corrected chi connectivity index (χ0v) is 17.6. The van der Waals surface area contributed by atoms with Gasteiger partial charge in [0.25, 0.3) is 5.89 Å². The third-order valence-corrected chi connectivity index (χ3v) is 5.42. The number of thioether (sulfide) groups is 1. The molecule has 160 valence electrons. The molecule has 2 aromatic carbocycles. The predicted molar refractivity (Wildman–Crippen MR) is 116 cm³/mol. The number of fused-ring (bicyclic) bond motifs is 1. The van der Waals surface area contributed by atoms with E-state index in [-0.39, 0.29) is 23.6 Å². The molecule has 2 aromatic heterocycles. The number of anilines is 1. The molecule has 0 saturated heterocycles. The summed E-state index contributed by atoms with van der Waals surface area (Å²) in [6, 6.07) is 13.7. The molecule has 1 N–H and O–H groups in total. The minimum atomic E-state index is -0.264. The highest BCUT2D eigenvalue weighted by Gasteiger charge is 2.17. The van der Waals surface area contributed by atoms with Crippen LogP contribution in [-0.4, -0.2) is 28.5 Å². The maximum Gasteiger partial charge on any atom is 0.322 e. The molecule has 0 aliphatic carbocycles. The number of aromatic nitrogens is 2. The maximum atomic E-state index is 12.9. The van der Waals surface area contributed by atoms with Gasteiger partial charge in [-0.1, -0.05) is 17.2 Å². The number of ether oxygens (including phenoxy) is 1. The fourth-order valence-corrected chi connectivity index (χ4v) is 3.77. The fourth-order valence-electron chi connectivity index (χ4n) is 2.92. The van der Waals surface area contributed by atoms with Crippen molar-refractivity contribution >= 4 is 34.7 Å². The summed E-state index contributed by atoms with van der Waals surface area (Å²) in [5.41, 5.74) is 0.599. The van der Waals surface area contributed by atoms with Crippen LogP contribution in [0.4, 0.5) is 10.4 Å². The maximum absolute atomic E-state index is 12.9. The van der Waals surface area contributed by atoms with Crippen LogP contribution in [0.1, 0.15) is 19.8 Å². The average Bonchev–Trinajstić information content (AvgIpc) is 3.40. The third kappa shape index (κ3) is 5.24. The van der Waals surface area contributed by atoms with Crippen LogP contribution in [0, 0.1) is 5.82 Å². The molecule has 0 unspecified atom stereocenters. The van der Waals surface area contributed by atoms with Gasteiger partial charge in [-0.15, -0.1) is 16.9 Å². The molecule has 0 spiro atoms. The second-order valence-corrected chi connectivity index (χ2v) is 7.75. The zero-order chi connectivity index (χ0) is 21.6. The van der Waals surface area contributed by atoms with E-state index in [1.165, 1.54) is 12.1 Å². The molecule has 0 atom stereocenters. The van der Waals surface area contributed by atoms with Gasteiger partial charge in [-0.3, -0.25) is 10.1 Å². The Bertz CT molecular complexity index is 1170. The van der Waals surface area contributed by atoms with E-state index in [1.807, 2.05) is 25.1 Å². The molecular formula is C22H20FN3O4S. The fraction of sp³-hybridized carbons (Fsp3) is 0.227. The number of furan rings is 1. The summed E-state index contributed by atoms with van der Waals surface area (Å²) in [6.45, 7) is 2.42. The van der Waals surface area contributed by atoms with Crippen molar-refractivity contribution in [3.63, 3.8) is 0 Å². The van der Waals surface area contributed by atoms with Crippen molar-refractivity contribution < 1.29 is 22.8 Å². The van der Waals surface area contributed by atoms with E-state index in [9.17, 15) is 9.18 Å². The molecule has 9 heteroatoms. The van der Waals surface area contributed by atoms with Gasteiger partial charge in [-0.2, -0.15) is 0 Å². The molecule has 0 radical (unpaired) electrons. The normalized spacial score (nSPS) is 11.0. The first-order valence-corrected chi connectivity index (χ1v) is 10.8. The summed E-state index contributed by atoms with van der Waals surface area (Å²) in [4.78, 5) is 13.1. The van der Waals surface area contributed by atoms with Gasteiger partial charge in [0.1, 0.15) is 5.82 Å². The van der Waals surface area contributed by atoms with Crippen LogP contribution in [0.15, 0.2) is 62.3 Å². The summed E-state index contributed by atoms with van der Waals surface area (Å²) in [7, 11) is 0. The van der Waals surface area contributed by atoms with Crippen molar-refractivity contribution in [1.82, 2.24) is 10.2 Å². The van der Waals surface area contributed by atoms with E-state index in [1.54, 1.807) is 30.0 Å². The van der Waals surface area contributed by atoms with Gasteiger partial charge >= 0.3 is 6.01 Å². The molecule has 4 aromatic rings. The van der Waals surface area contributed by atoms with Gasteiger partial charge in [0, 0.05) is 16.7 Å². The van der Waals surface area contributed by atoms with Gasteiger partial charge < -0.3 is 13.6 Å². The lowest BCUT2D eigenvalue weighted by Gasteiger charge is -2.02. The molecular weight excluding hydrogens is 421 g/mol. The Labute approximate surface area is 182 Å². The Kier molecular flexibility index (Phi) is 6.51. The minimum Gasteiger partial charge on any atom is -0.490 e. The zero-order valence-electron chi connectivity index (χ0n) is 16.8. The predicted octanol–water partition coefficient (Wildman–Crippen LogP) is 5.53. The van der Waals surface area contributed by atoms with Crippen molar-refractivity contribution in [3.05, 3.63) is 54.3 Å². The molecule has 7 nitrogen and oxygen atoms in total. The van der Waals surface area contributed by atoms with E-state index >= 15 is 0 Å². The smallest absolute Gasteiger partial charge is 0.322 e. The summed E-state index contributed by atoms with van der Waals surface area (Å²) >= 11 is 1.56. The van der Waals surface area contributed by atoms with E-state index in [0.29, 0.717) is 36.5 Å². The van der Waals surface area contributed by atoms with Crippen LogP contribution in [-0.2, 0) is 4.79 Å². The molecule has 2 heterocycles. The monoisotopic (exact) mass is 441 g/mol. The molecule has 0 bridgehead atoms. The summed E-state index contributed by atoms with van der Waals surface area (Å²) in [6.07, 6.45) is 0.951. The summed E-state index contributed by atoms with van der Waals surface area (Å²) in [5, 5.41) is 11.3. The Morgan fingerprint density at radius 1 is 1.16 bits per heavy atom. The Morgan fingerprint density at radius 3 is 2.81 bits per heavy atom. The van der Waals surface area contributed by atoms with Crippen molar-refractivity contribution in [2.45, 2.75) is 24.7 Å². The molecule has 0 aliphatic heterocycles. The number of halogens is 1. The number of nitrogens with one attached hydrogen (secondary N) is 1. The van der Waals surface area contributed by atoms with Crippen LogP contribution >= 0.6 is 11.8 Å². The topological polar surface area (TPSA) is 90.4 Å². The highest BCUT2D eigenvalue weighted by atomic mass is 32.2. The summed E-state index contributed by atoms with van der Waals surface area (Å²) < 4.78 is 29.8. The Morgan fingerprint density at radius 2 is 2.00 bits per heavy atom. The van der Waals surface area contributed by atoms with Crippen LogP contribution in [0.3, 0.4) is 0 Å². The number of carbonyl (C=O) groups is 1. The minimum absolute atomic E-state index is 0.0108. The van der Waals surface area contributed by atoms with Crippen LogP contribution in [0.25, 0.3) is 22.6 Å². The summed E-state index contributed by atoms with van der Waals surface area (Å²) in [5.74, 6) is 1.44. The van der Waals surface area contributed by atoms with Crippen molar-refractivity contribution in [1.29, 1.82) is 0 Å². The highest BCUT2D eigenvalue weighted by molar-refractivity contribution is 7.99. The van der Waals surface area contributed by atoms with E-state index in [0.717, 1.165) is 16.0 Å². The average molecular weight is 441 g/mol. The molecule has 0 aliphatic rings. The second kappa shape index (κ2) is 9.65. The second-order valence-electron chi connectivity index (χ2n) is 6.58. The number of para-hydroxylation sites is 1. The lowest BCUT2D eigenvalue weighted by molar-refractivity contribution is -0.116. The number of hydrogen-bond donors (Lipinski definition) is 1. The number of benzene rings is 2. The van der Waals surface area contributed by atoms with E-state index in [2.05, 4.69) is 15.5 Å². The van der Waals surface area contributed by atoms with Crippen LogP contribution in [0.5, 0.6) is 5.75 Å².